The maximum absolute atomic E-state index is 6.85. The van der Waals surface area contributed by atoms with Crippen LogP contribution in [0.4, 0.5) is 0 Å². The Kier molecular flexibility index (Phi) is 5.34. The maximum atomic E-state index is 6.85. The lowest BCUT2D eigenvalue weighted by Crippen LogP contribution is -2.05. The van der Waals surface area contributed by atoms with E-state index in [1.165, 1.54) is 5.56 Å². The van der Waals surface area contributed by atoms with Crippen LogP contribution in [0.25, 0.3) is 0 Å². The van der Waals surface area contributed by atoms with Gasteiger partial charge in [0.05, 0.1) is 12.5 Å². The highest BCUT2D eigenvalue weighted by atomic mass is 79.9. The molecule has 0 spiro atoms. The van der Waals surface area contributed by atoms with E-state index in [0.29, 0.717) is 0 Å². The molecule has 0 aromatic heterocycles. The van der Waals surface area contributed by atoms with E-state index in [9.17, 15) is 0 Å². The average Bonchev–Trinajstić information content (AvgIpc) is 2.49. The molecule has 0 heterocycles. The highest BCUT2D eigenvalue weighted by Gasteiger charge is 2.23. The number of hydrogen-bond acceptors (Lipinski definition) is 1. The van der Waals surface area contributed by atoms with Gasteiger partial charge >= 0.3 is 0 Å². The highest BCUT2D eigenvalue weighted by molar-refractivity contribution is 9.10. The van der Waals surface area contributed by atoms with Crippen molar-refractivity contribution in [1.29, 1.82) is 0 Å². The van der Waals surface area contributed by atoms with Crippen LogP contribution in [-0.2, 0) is 6.42 Å². The molecule has 2 rings (SSSR count). The van der Waals surface area contributed by atoms with Crippen molar-refractivity contribution in [3.63, 3.8) is 0 Å². The normalized spacial score (nSPS) is 12.3. The molecule has 1 atom stereocenters. The van der Waals surface area contributed by atoms with Crippen LogP contribution in [0, 0.1) is 13.8 Å². The van der Waals surface area contributed by atoms with Crippen LogP contribution in [0.5, 0.6) is 5.75 Å². The largest absolute Gasteiger partial charge is 0.496 e. The van der Waals surface area contributed by atoms with Gasteiger partial charge in [-0.1, -0.05) is 47.1 Å². The summed E-state index contributed by atoms with van der Waals surface area (Å²) in [6.45, 7) is 6.27. The number of halogens is 2. The van der Waals surface area contributed by atoms with E-state index in [4.69, 9.17) is 16.3 Å². The second-order valence-electron chi connectivity index (χ2n) is 5.16. The van der Waals surface area contributed by atoms with Crippen LogP contribution >= 0.6 is 27.5 Å². The van der Waals surface area contributed by atoms with Crippen LogP contribution < -0.4 is 4.74 Å². The van der Waals surface area contributed by atoms with Gasteiger partial charge < -0.3 is 4.74 Å². The molecule has 0 bridgehead atoms. The summed E-state index contributed by atoms with van der Waals surface area (Å²) in [5, 5.41) is -0.215. The van der Waals surface area contributed by atoms with Crippen molar-refractivity contribution in [2.75, 3.05) is 7.11 Å². The summed E-state index contributed by atoms with van der Waals surface area (Å²) in [6, 6.07) is 10.4. The summed E-state index contributed by atoms with van der Waals surface area (Å²) in [6.07, 6.45) is 0.966. The maximum Gasteiger partial charge on any atom is 0.127 e. The summed E-state index contributed by atoms with van der Waals surface area (Å²) in [5.41, 5.74) is 5.69. The molecule has 0 aliphatic rings. The van der Waals surface area contributed by atoms with Gasteiger partial charge in [0.15, 0.2) is 0 Å². The Balaban J connectivity index is 2.65. The van der Waals surface area contributed by atoms with Crippen molar-refractivity contribution < 1.29 is 4.74 Å². The SMILES string of the molecule is CCc1ccccc1C(Cl)c1c(C)c(Br)cc(C)c1OC. The summed E-state index contributed by atoms with van der Waals surface area (Å²) in [7, 11) is 1.70. The third kappa shape index (κ3) is 3.12. The molecule has 2 aromatic rings. The fourth-order valence-electron chi connectivity index (χ4n) is 2.71. The zero-order valence-electron chi connectivity index (χ0n) is 12.8. The molecule has 0 saturated carbocycles. The molecule has 21 heavy (non-hydrogen) atoms. The van der Waals surface area contributed by atoms with E-state index < -0.39 is 0 Å². The molecule has 0 aliphatic carbocycles. The third-order valence-corrected chi connectivity index (χ3v) is 5.15. The van der Waals surface area contributed by atoms with Crippen molar-refractivity contribution in [2.24, 2.45) is 0 Å². The van der Waals surface area contributed by atoms with Crippen LogP contribution in [0.2, 0.25) is 0 Å². The number of alkyl halides is 1. The molecule has 0 aliphatic heterocycles. The predicted octanol–water partition coefficient (Wildman–Crippen LogP) is 5.97. The van der Waals surface area contributed by atoms with Crippen molar-refractivity contribution in [1.82, 2.24) is 0 Å². The average molecular weight is 368 g/mol. The monoisotopic (exact) mass is 366 g/mol. The van der Waals surface area contributed by atoms with Crippen molar-refractivity contribution in [2.45, 2.75) is 32.6 Å². The number of methoxy groups -OCH3 is 1. The van der Waals surface area contributed by atoms with Gasteiger partial charge in [0.1, 0.15) is 5.75 Å². The lowest BCUT2D eigenvalue weighted by Gasteiger charge is -2.21. The van der Waals surface area contributed by atoms with Gasteiger partial charge in [0.2, 0.25) is 0 Å². The summed E-state index contributed by atoms with van der Waals surface area (Å²) in [4.78, 5) is 0. The van der Waals surface area contributed by atoms with E-state index in [1.54, 1.807) is 7.11 Å². The molecule has 0 saturated heterocycles. The van der Waals surface area contributed by atoms with E-state index in [-0.39, 0.29) is 5.38 Å². The van der Waals surface area contributed by atoms with Crippen LogP contribution in [0.3, 0.4) is 0 Å². The predicted molar refractivity (Wildman–Crippen MR) is 93.7 cm³/mol. The van der Waals surface area contributed by atoms with Crippen LogP contribution in [0.15, 0.2) is 34.8 Å². The second kappa shape index (κ2) is 6.85. The van der Waals surface area contributed by atoms with Crippen LogP contribution in [-0.4, -0.2) is 7.11 Å². The first-order chi connectivity index (χ1) is 10.0. The summed E-state index contributed by atoms with van der Waals surface area (Å²) in [5.74, 6) is 0.876. The van der Waals surface area contributed by atoms with Gasteiger partial charge in [-0.3, -0.25) is 0 Å². The third-order valence-electron chi connectivity index (χ3n) is 3.87. The fraction of sp³-hybridized carbons (Fsp3) is 0.333. The molecule has 1 nitrogen and oxygen atoms in total. The van der Waals surface area contributed by atoms with Gasteiger partial charge in [-0.05, 0) is 48.6 Å². The molecular formula is C18H20BrClO. The van der Waals surface area contributed by atoms with Gasteiger partial charge in [-0.15, -0.1) is 11.6 Å². The molecule has 0 radical (unpaired) electrons. The Morgan fingerprint density at radius 3 is 2.52 bits per heavy atom. The van der Waals surface area contributed by atoms with Gasteiger partial charge in [0, 0.05) is 10.0 Å². The second-order valence-corrected chi connectivity index (χ2v) is 6.45. The Labute approximate surface area is 140 Å². The van der Waals surface area contributed by atoms with E-state index in [0.717, 1.165) is 38.9 Å². The zero-order valence-corrected chi connectivity index (χ0v) is 15.2. The first-order valence-electron chi connectivity index (χ1n) is 7.06. The molecule has 3 heteroatoms. The van der Waals surface area contributed by atoms with Gasteiger partial charge in [0.25, 0.3) is 0 Å². The Morgan fingerprint density at radius 2 is 1.90 bits per heavy atom. The molecule has 0 amide bonds. The smallest absolute Gasteiger partial charge is 0.127 e. The zero-order chi connectivity index (χ0) is 15.6. The van der Waals surface area contributed by atoms with Gasteiger partial charge in [-0.2, -0.15) is 0 Å². The van der Waals surface area contributed by atoms with Crippen LogP contribution in [0.1, 0.15) is 40.1 Å². The first-order valence-corrected chi connectivity index (χ1v) is 8.29. The summed E-state index contributed by atoms with van der Waals surface area (Å²) < 4.78 is 6.69. The van der Waals surface area contributed by atoms with Crippen molar-refractivity contribution in [3.05, 3.63) is 62.6 Å². The quantitative estimate of drug-likeness (QED) is 0.605. The number of hydrogen-bond donors (Lipinski definition) is 0. The van der Waals surface area contributed by atoms with Gasteiger partial charge in [-0.25, -0.2) is 0 Å². The number of benzene rings is 2. The standard InChI is InChI=1S/C18H20BrClO/c1-5-13-8-6-7-9-14(13)17(20)16-12(3)15(19)10-11(2)18(16)21-4/h6-10,17H,5H2,1-4H3. The Hall–Kier alpha value is -0.990. The number of aryl methyl sites for hydroxylation is 2. The minimum absolute atomic E-state index is 0.215. The molecule has 0 fully saturated rings. The first kappa shape index (κ1) is 16.4. The number of ether oxygens (including phenoxy) is 1. The minimum Gasteiger partial charge on any atom is -0.496 e. The molecule has 112 valence electrons. The minimum atomic E-state index is -0.215. The lowest BCUT2D eigenvalue weighted by atomic mass is 9.93. The topological polar surface area (TPSA) is 9.23 Å². The van der Waals surface area contributed by atoms with Crippen molar-refractivity contribution in [3.8, 4) is 5.75 Å². The molecule has 0 N–H and O–H groups in total. The summed E-state index contributed by atoms with van der Waals surface area (Å²) >= 11 is 10.5. The lowest BCUT2D eigenvalue weighted by molar-refractivity contribution is 0.406. The highest BCUT2D eigenvalue weighted by Crippen LogP contribution is 2.42. The van der Waals surface area contributed by atoms with Crippen molar-refractivity contribution >= 4 is 27.5 Å². The fourth-order valence-corrected chi connectivity index (χ4v) is 3.74. The molecular weight excluding hydrogens is 348 g/mol. The number of rotatable bonds is 4. The molecule has 2 aromatic carbocycles. The Morgan fingerprint density at radius 1 is 1.24 bits per heavy atom. The Bertz CT molecular complexity index is 652. The van der Waals surface area contributed by atoms with E-state index >= 15 is 0 Å². The van der Waals surface area contributed by atoms with E-state index in [1.807, 2.05) is 13.0 Å². The van der Waals surface area contributed by atoms with E-state index in [2.05, 4.69) is 54.0 Å². The molecule has 1 unspecified atom stereocenters.